The normalized spacial score (nSPS) is 14.8. The SMILES string of the molecule is COc1cc(N2CCCCC2)c(-c2cnn(C)c2)cc1[N+](=O)[O-]. The van der Waals surface area contributed by atoms with E-state index in [1.54, 1.807) is 23.0 Å². The second kappa shape index (κ2) is 6.28. The lowest BCUT2D eigenvalue weighted by Crippen LogP contribution is -2.29. The first-order valence-electron chi connectivity index (χ1n) is 7.70. The number of aromatic nitrogens is 2. The van der Waals surface area contributed by atoms with Gasteiger partial charge in [-0.25, -0.2) is 0 Å². The maximum absolute atomic E-state index is 11.3. The lowest BCUT2D eigenvalue weighted by molar-refractivity contribution is -0.385. The van der Waals surface area contributed by atoms with Gasteiger partial charge in [-0.15, -0.1) is 0 Å². The third kappa shape index (κ3) is 2.99. The highest BCUT2D eigenvalue weighted by Crippen LogP contribution is 2.40. The van der Waals surface area contributed by atoms with Gasteiger partial charge in [-0.05, 0) is 19.3 Å². The van der Waals surface area contributed by atoms with E-state index in [4.69, 9.17) is 4.74 Å². The number of rotatable bonds is 4. The van der Waals surface area contributed by atoms with E-state index in [-0.39, 0.29) is 5.69 Å². The van der Waals surface area contributed by atoms with Crippen molar-refractivity contribution in [1.82, 2.24) is 9.78 Å². The van der Waals surface area contributed by atoms with Gasteiger partial charge in [-0.1, -0.05) is 0 Å². The van der Waals surface area contributed by atoms with Crippen LogP contribution in [0.1, 0.15) is 19.3 Å². The van der Waals surface area contributed by atoms with Crippen molar-refractivity contribution in [1.29, 1.82) is 0 Å². The van der Waals surface area contributed by atoms with Crippen molar-refractivity contribution in [2.24, 2.45) is 7.05 Å². The number of methoxy groups -OCH3 is 1. The number of nitro groups is 1. The molecular weight excluding hydrogens is 296 g/mol. The number of piperidine rings is 1. The molecule has 23 heavy (non-hydrogen) atoms. The summed E-state index contributed by atoms with van der Waals surface area (Å²) in [5.41, 5.74) is 2.65. The second-order valence-electron chi connectivity index (χ2n) is 5.75. The molecule has 1 aromatic carbocycles. The number of hydrogen-bond acceptors (Lipinski definition) is 5. The van der Waals surface area contributed by atoms with Crippen LogP contribution in [0.5, 0.6) is 5.75 Å². The standard InChI is InChI=1S/C16H20N4O3/c1-18-11-12(10-17-18)13-8-15(20(21)22)16(23-2)9-14(13)19-6-4-3-5-7-19/h8-11H,3-7H2,1-2H3. The van der Waals surface area contributed by atoms with Crippen molar-refractivity contribution < 1.29 is 9.66 Å². The Hall–Kier alpha value is -2.57. The molecule has 0 bridgehead atoms. The second-order valence-corrected chi connectivity index (χ2v) is 5.75. The Balaban J connectivity index is 2.16. The lowest BCUT2D eigenvalue weighted by Gasteiger charge is -2.30. The van der Waals surface area contributed by atoms with Crippen LogP contribution < -0.4 is 9.64 Å². The van der Waals surface area contributed by atoms with Crippen molar-refractivity contribution in [2.75, 3.05) is 25.1 Å². The summed E-state index contributed by atoms with van der Waals surface area (Å²) in [7, 11) is 3.30. The molecule has 3 rings (SSSR count). The van der Waals surface area contributed by atoms with Crippen LogP contribution in [0.4, 0.5) is 11.4 Å². The molecule has 1 fully saturated rings. The largest absolute Gasteiger partial charge is 0.490 e. The summed E-state index contributed by atoms with van der Waals surface area (Å²) in [6.45, 7) is 1.91. The van der Waals surface area contributed by atoms with Gasteiger partial charge in [0.1, 0.15) is 0 Å². The van der Waals surface area contributed by atoms with Crippen LogP contribution in [0.15, 0.2) is 24.5 Å². The Bertz CT molecular complexity index is 720. The minimum Gasteiger partial charge on any atom is -0.490 e. The molecule has 2 heterocycles. The van der Waals surface area contributed by atoms with E-state index < -0.39 is 4.92 Å². The third-order valence-electron chi connectivity index (χ3n) is 4.21. The van der Waals surface area contributed by atoms with Gasteiger partial charge in [0.15, 0.2) is 5.75 Å². The Morgan fingerprint density at radius 2 is 2.00 bits per heavy atom. The fourth-order valence-electron chi connectivity index (χ4n) is 3.05. The molecule has 0 atom stereocenters. The zero-order valence-electron chi connectivity index (χ0n) is 13.4. The van der Waals surface area contributed by atoms with E-state index in [9.17, 15) is 10.1 Å². The fraction of sp³-hybridized carbons (Fsp3) is 0.438. The summed E-state index contributed by atoms with van der Waals surface area (Å²) in [5.74, 6) is 0.295. The molecule has 0 N–H and O–H groups in total. The molecule has 0 spiro atoms. The van der Waals surface area contributed by atoms with E-state index >= 15 is 0 Å². The molecule has 0 aliphatic carbocycles. The number of nitro benzene ring substituents is 1. The smallest absolute Gasteiger partial charge is 0.311 e. The van der Waals surface area contributed by atoms with Gasteiger partial charge in [-0.3, -0.25) is 14.8 Å². The summed E-state index contributed by atoms with van der Waals surface area (Å²) in [6, 6.07) is 3.38. The van der Waals surface area contributed by atoms with E-state index in [2.05, 4.69) is 10.00 Å². The van der Waals surface area contributed by atoms with Gasteiger partial charge < -0.3 is 9.64 Å². The number of ether oxygens (including phenoxy) is 1. The molecule has 7 nitrogen and oxygen atoms in total. The zero-order chi connectivity index (χ0) is 16.4. The highest BCUT2D eigenvalue weighted by molar-refractivity contribution is 5.82. The van der Waals surface area contributed by atoms with Crippen molar-refractivity contribution in [3.8, 4) is 16.9 Å². The molecule has 0 saturated carbocycles. The number of hydrogen-bond donors (Lipinski definition) is 0. The Labute approximate surface area is 134 Å². The summed E-state index contributed by atoms with van der Waals surface area (Å²) in [5, 5.41) is 15.5. The summed E-state index contributed by atoms with van der Waals surface area (Å²) >= 11 is 0. The van der Waals surface area contributed by atoms with Crippen molar-refractivity contribution >= 4 is 11.4 Å². The van der Waals surface area contributed by atoms with Crippen LogP contribution in [-0.4, -0.2) is 34.9 Å². The average molecular weight is 316 g/mol. The molecule has 1 saturated heterocycles. The summed E-state index contributed by atoms with van der Waals surface area (Å²) < 4.78 is 6.94. The molecule has 1 aliphatic rings. The highest BCUT2D eigenvalue weighted by atomic mass is 16.6. The molecule has 0 amide bonds. The van der Waals surface area contributed by atoms with Gasteiger partial charge in [0.2, 0.25) is 0 Å². The molecule has 1 aliphatic heterocycles. The Morgan fingerprint density at radius 1 is 1.26 bits per heavy atom. The van der Waals surface area contributed by atoms with Crippen LogP contribution in [0, 0.1) is 10.1 Å². The predicted molar refractivity (Wildman–Crippen MR) is 87.9 cm³/mol. The monoisotopic (exact) mass is 316 g/mol. The van der Waals surface area contributed by atoms with Crippen LogP contribution in [-0.2, 0) is 7.05 Å². The van der Waals surface area contributed by atoms with Gasteiger partial charge in [0, 0.05) is 55.3 Å². The molecule has 122 valence electrons. The Morgan fingerprint density at radius 3 is 2.57 bits per heavy atom. The van der Waals surface area contributed by atoms with Crippen LogP contribution >= 0.6 is 0 Å². The lowest BCUT2D eigenvalue weighted by atomic mass is 10.0. The maximum Gasteiger partial charge on any atom is 0.311 e. The van der Waals surface area contributed by atoms with Gasteiger partial charge in [-0.2, -0.15) is 5.10 Å². The van der Waals surface area contributed by atoms with Crippen LogP contribution in [0.2, 0.25) is 0 Å². The van der Waals surface area contributed by atoms with Crippen LogP contribution in [0.3, 0.4) is 0 Å². The number of anilines is 1. The van der Waals surface area contributed by atoms with Crippen molar-refractivity contribution in [3.05, 3.63) is 34.6 Å². The van der Waals surface area contributed by atoms with E-state index in [1.807, 2.05) is 13.2 Å². The number of nitrogens with zero attached hydrogens (tertiary/aromatic N) is 4. The number of aryl methyl sites for hydroxylation is 1. The van der Waals surface area contributed by atoms with Gasteiger partial charge in [0.05, 0.1) is 18.2 Å². The van der Waals surface area contributed by atoms with Gasteiger partial charge in [0.25, 0.3) is 0 Å². The zero-order valence-corrected chi connectivity index (χ0v) is 13.4. The minimum atomic E-state index is -0.404. The molecule has 0 radical (unpaired) electrons. The molecule has 7 heteroatoms. The van der Waals surface area contributed by atoms with Crippen molar-refractivity contribution in [3.63, 3.8) is 0 Å². The number of benzene rings is 1. The summed E-state index contributed by atoms with van der Waals surface area (Å²) in [4.78, 5) is 13.2. The quantitative estimate of drug-likeness (QED) is 0.640. The first kappa shape index (κ1) is 15.3. The maximum atomic E-state index is 11.3. The third-order valence-corrected chi connectivity index (χ3v) is 4.21. The predicted octanol–water partition coefficient (Wildman–Crippen LogP) is 2.99. The first-order chi connectivity index (χ1) is 11.1. The van der Waals surface area contributed by atoms with Crippen LogP contribution in [0.25, 0.3) is 11.1 Å². The molecular formula is C16H20N4O3. The Kier molecular flexibility index (Phi) is 4.18. The van der Waals surface area contributed by atoms with E-state index in [0.29, 0.717) is 5.75 Å². The average Bonchev–Trinajstić information content (AvgIpc) is 3.00. The molecule has 0 unspecified atom stereocenters. The molecule has 1 aromatic heterocycles. The minimum absolute atomic E-state index is 0.0212. The fourth-order valence-corrected chi connectivity index (χ4v) is 3.05. The summed E-state index contributed by atoms with van der Waals surface area (Å²) in [6.07, 6.45) is 7.10. The van der Waals surface area contributed by atoms with Crippen molar-refractivity contribution in [2.45, 2.75) is 19.3 Å². The first-order valence-corrected chi connectivity index (χ1v) is 7.70. The topological polar surface area (TPSA) is 73.4 Å². The van der Waals surface area contributed by atoms with E-state index in [1.165, 1.54) is 13.5 Å². The van der Waals surface area contributed by atoms with Gasteiger partial charge >= 0.3 is 5.69 Å². The van der Waals surface area contributed by atoms with E-state index in [0.717, 1.165) is 42.7 Å². The molecule has 2 aromatic rings. The highest BCUT2D eigenvalue weighted by Gasteiger charge is 2.24.